The summed E-state index contributed by atoms with van der Waals surface area (Å²) >= 11 is 0. The number of pyridine rings is 1. The second kappa shape index (κ2) is 5.26. The van der Waals surface area contributed by atoms with E-state index in [4.69, 9.17) is 5.11 Å². The first kappa shape index (κ1) is 13.3. The molecular formula is C13H16N2O4. The van der Waals surface area contributed by atoms with E-state index < -0.39 is 23.5 Å². The molecule has 1 fully saturated rings. The molecule has 19 heavy (non-hydrogen) atoms. The van der Waals surface area contributed by atoms with Crippen LogP contribution in [0.4, 0.5) is 0 Å². The molecule has 1 aliphatic rings. The largest absolute Gasteiger partial charge is 0.480 e. The minimum Gasteiger partial charge on any atom is -0.480 e. The molecule has 0 radical (unpaired) electrons. The van der Waals surface area contributed by atoms with Crippen LogP contribution >= 0.6 is 0 Å². The predicted octanol–water partition coefficient (Wildman–Crippen LogP) is 0.465. The van der Waals surface area contributed by atoms with Gasteiger partial charge in [0.05, 0.1) is 0 Å². The number of carbonyl (C=O) groups excluding carboxylic acids is 1. The zero-order chi connectivity index (χ0) is 14.0. The molecule has 0 unspecified atom stereocenters. The van der Waals surface area contributed by atoms with Crippen molar-refractivity contribution in [1.82, 2.24) is 9.47 Å². The van der Waals surface area contributed by atoms with Gasteiger partial charge in [0.25, 0.3) is 11.5 Å². The average molecular weight is 264 g/mol. The molecule has 1 aromatic heterocycles. The summed E-state index contributed by atoms with van der Waals surface area (Å²) < 4.78 is 1.31. The summed E-state index contributed by atoms with van der Waals surface area (Å²) in [5.41, 5.74) is -0.375. The molecule has 0 aliphatic carbocycles. The highest BCUT2D eigenvalue weighted by Crippen LogP contribution is 2.19. The topological polar surface area (TPSA) is 79.6 Å². The molecule has 1 N–H and O–H groups in total. The number of hydrogen-bond donors (Lipinski definition) is 1. The number of aromatic nitrogens is 1. The van der Waals surface area contributed by atoms with Crippen LogP contribution in [0.3, 0.4) is 0 Å². The van der Waals surface area contributed by atoms with Crippen LogP contribution in [0.5, 0.6) is 0 Å². The van der Waals surface area contributed by atoms with Gasteiger partial charge < -0.3 is 14.6 Å². The van der Waals surface area contributed by atoms with Crippen molar-refractivity contribution in [2.24, 2.45) is 7.05 Å². The van der Waals surface area contributed by atoms with Crippen molar-refractivity contribution in [1.29, 1.82) is 0 Å². The zero-order valence-corrected chi connectivity index (χ0v) is 10.7. The lowest BCUT2D eigenvalue weighted by Gasteiger charge is -2.32. The molecule has 1 amide bonds. The lowest BCUT2D eigenvalue weighted by molar-refractivity contribution is -0.143. The number of carbonyl (C=O) groups is 2. The Morgan fingerprint density at radius 1 is 1.37 bits per heavy atom. The van der Waals surface area contributed by atoms with Gasteiger partial charge in [0.2, 0.25) is 0 Å². The molecular weight excluding hydrogens is 248 g/mol. The first-order valence-electron chi connectivity index (χ1n) is 6.22. The van der Waals surface area contributed by atoms with Crippen LogP contribution in [0.25, 0.3) is 0 Å². The van der Waals surface area contributed by atoms with Crippen molar-refractivity contribution >= 4 is 11.9 Å². The molecule has 102 valence electrons. The number of nitrogens with zero attached hydrogens (tertiary/aromatic N) is 2. The lowest BCUT2D eigenvalue weighted by atomic mass is 10.0. The van der Waals surface area contributed by atoms with Crippen molar-refractivity contribution in [2.75, 3.05) is 6.54 Å². The number of rotatable bonds is 2. The lowest BCUT2D eigenvalue weighted by Crippen LogP contribution is -2.49. The van der Waals surface area contributed by atoms with Crippen molar-refractivity contribution in [3.63, 3.8) is 0 Å². The van der Waals surface area contributed by atoms with Crippen molar-refractivity contribution < 1.29 is 14.7 Å². The van der Waals surface area contributed by atoms with Crippen LogP contribution in [0.1, 0.15) is 29.6 Å². The number of amides is 1. The Labute approximate surface area is 110 Å². The van der Waals surface area contributed by atoms with Gasteiger partial charge >= 0.3 is 5.97 Å². The van der Waals surface area contributed by atoms with E-state index in [0.717, 1.165) is 12.8 Å². The van der Waals surface area contributed by atoms with E-state index in [1.807, 2.05) is 0 Å². The quantitative estimate of drug-likeness (QED) is 0.841. The van der Waals surface area contributed by atoms with E-state index in [1.54, 1.807) is 19.3 Å². The third-order valence-corrected chi connectivity index (χ3v) is 3.40. The van der Waals surface area contributed by atoms with Crippen LogP contribution in [0, 0.1) is 0 Å². The van der Waals surface area contributed by atoms with Gasteiger partial charge in [-0.2, -0.15) is 0 Å². The fourth-order valence-electron chi connectivity index (χ4n) is 2.35. The Balaban J connectivity index is 2.34. The van der Waals surface area contributed by atoms with E-state index in [0.29, 0.717) is 13.0 Å². The zero-order valence-electron chi connectivity index (χ0n) is 10.7. The van der Waals surface area contributed by atoms with E-state index in [1.165, 1.54) is 15.5 Å². The smallest absolute Gasteiger partial charge is 0.326 e. The second-order valence-electron chi connectivity index (χ2n) is 4.69. The van der Waals surface area contributed by atoms with Crippen molar-refractivity contribution in [3.8, 4) is 0 Å². The Hall–Kier alpha value is -2.11. The first-order chi connectivity index (χ1) is 9.02. The number of hydrogen-bond acceptors (Lipinski definition) is 3. The fourth-order valence-corrected chi connectivity index (χ4v) is 2.35. The molecule has 0 spiro atoms. The highest BCUT2D eigenvalue weighted by Gasteiger charge is 2.33. The third-order valence-electron chi connectivity index (χ3n) is 3.40. The van der Waals surface area contributed by atoms with E-state index >= 15 is 0 Å². The van der Waals surface area contributed by atoms with E-state index in [-0.39, 0.29) is 5.56 Å². The molecule has 1 atom stereocenters. The first-order valence-corrected chi connectivity index (χ1v) is 6.22. The second-order valence-corrected chi connectivity index (χ2v) is 4.69. The van der Waals surface area contributed by atoms with E-state index in [2.05, 4.69) is 0 Å². The highest BCUT2D eigenvalue weighted by atomic mass is 16.4. The van der Waals surface area contributed by atoms with Crippen molar-refractivity contribution in [3.05, 3.63) is 34.2 Å². The van der Waals surface area contributed by atoms with Gasteiger partial charge in [0.15, 0.2) is 0 Å². The van der Waals surface area contributed by atoms with Crippen molar-refractivity contribution in [2.45, 2.75) is 25.3 Å². The summed E-state index contributed by atoms with van der Waals surface area (Å²) in [5.74, 6) is -1.51. The van der Waals surface area contributed by atoms with Crippen LogP contribution in [0.15, 0.2) is 23.1 Å². The van der Waals surface area contributed by atoms with Crippen LogP contribution in [-0.4, -0.2) is 39.0 Å². The Morgan fingerprint density at radius 3 is 2.79 bits per heavy atom. The number of carboxylic acids is 1. The molecule has 0 aromatic carbocycles. The molecule has 1 aromatic rings. The summed E-state index contributed by atoms with van der Waals surface area (Å²) in [6, 6.07) is 2.22. The maximum atomic E-state index is 12.3. The molecule has 2 rings (SSSR count). The SMILES string of the molecule is Cn1cccc(C(=O)N2CCCC[C@@H]2C(=O)O)c1=O. The average Bonchev–Trinajstić information content (AvgIpc) is 2.41. The summed E-state index contributed by atoms with van der Waals surface area (Å²) in [6.07, 6.45) is 3.55. The number of likely N-dealkylation sites (tertiary alicyclic amines) is 1. The molecule has 1 aliphatic heterocycles. The minimum absolute atomic E-state index is 0.0261. The standard InChI is InChI=1S/C13H16N2O4/c1-14-7-4-5-9(11(14)16)12(17)15-8-3-2-6-10(15)13(18)19/h4-5,7,10H,2-3,6,8H2,1H3,(H,18,19)/t10-/m1/s1. The van der Waals surface area contributed by atoms with Gasteiger partial charge in [-0.1, -0.05) is 0 Å². The predicted molar refractivity (Wildman–Crippen MR) is 68.0 cm³/mol. The van der Waals surface area contributed by atoms with Gasteiger partial charge in [-0.3, -0.25) is 9.59 Å². The number of aryl methyl sites for hydroxylation is 1. The Morgan fingerprint density at radius 2 is 2.11 bits per heavy atom. The third kappa shape index (κ3) is 2.52. The number of aliphatic carboxylic acids is 1. The Kier molecular flexibility index (Phi) is 3.69. The molecule has 2 heterocycles. The maximum Gasteiger partial charge on any atom is 0.326 e. The molecule has 6 nitrogen and oxygen atoms in total. The van der Waals surface area contributed by atoms with Gasteiger partial charge in [0, 0.05) is 19.8 Å². The summed E-state index contributed by atoms with van der Waals surface area (Å²) in [5, 5.41) is 9.15. The van der Waals surface area contributed by atoms with Crippen LogP contribution < -0.4 is 5.56 Å². The van der Waals surface area contributed by atoms with Gasteiger partial charge in [-0.15, -0.1) is 0 Å². The molecule has 1 saturated heterocycles. The minimum atomic E-state index is -1.01. The van der Waals surface area contributed by atoms with Gasteiger partial charge in [-0.25, -0.2) is 4.79 Å². The molecule has 6 heteroatoms. The molecule has 0 bridgehead atoms. The van der Waals surface area contributed by atoms with Crippen LogP contribution in [-0.2, 0) is 11.8 Å². The normalized spacial score (nSPS) is 19.2. The number of carboxylic acid groups (broad SMARTS) is 1. The van der Waals surface area contributed by atoms with Gasteiger partial charge in [-0.05, 0) is 31.4 Å². The maximum absolute atomic E-state index is 12.3. The number of piperidine rings is 1. The molecule has 0 saturated carbocycles. The summed E-state index contributed by atoms with van der Waals surface area (Å²) in [6.45, 7) is 0.383. The summed E-state index contributed by atoms with van der Waals surface area (Å²) in [4.78, 5) is 36.7. The fraction of sp³-hybridized carbons (Fsp3) is 0.462. The van der Waals surface area contributed by atoms with Crippen LogP contribution in [0.2, 0.25) is 0 Å². The van der Waals surface area contributed by atoms with Gasteiger partial charge in [0.1, 0.15) is 11.6 Å². The monoisotopic (exact) mass is 264 g/mol. The Bertz CT molecular complexity index is 564. The summed E-state index contributed by atoms with van der Waals surface area (Å²) in [7, 11) is 1.56. The van der Waals surface area contributed by atoms with E-state index in [9.17, 15) is 14.4 Å². The highest BCUT2D eigenvalue weighted by molar-refractivity contribution is 5.96.